The van der Waals surface area contributed by atoms with Gasteiger partial charge in [-0.3, -0.25) is 9.69 Å². The number of rotatable bonds is 4. The van der Waals surface area contributed by atoms with Crippen LogP contribution in [0.15, 0.2) is 12.2 Å². The summed E-state index contributed by atoms with van der Waals surface area (Å²) in [7, 11) is 0. The zero-order valence-electron chi connectivity index (χ0n) is 9.53. The van der Waals surface area contributed by atoms with Crippen molar-refractivity contribution in [3.63, 3.8) is 0 Å². The summed E-state index contributed by atoms with van der Waals surface area (Å²) in [6.45, 7) is 8.28. The van der Waals surface area contributed by atoms with E-state index in [2.05, 4.69) is 17.1 Å². The first-order valence-corrected chi connectivity index (χ1v) is 5.50. The Labute approximate surface area is 91.3 Å². The number of carbonyl (C=O) groups is 1. The minimum Gasteiger partial charge on any atom is -0.374 e. The molecular formula is C11H20N2O2. The van der Waals surface area contributed by atoms with E-state index in [9.17, 15) is 4.79 Å². The molecule has 0 saturated carbocycles. The molecule has 1 N–H and O–H groups in total. The highest BCUT2D eigenvalue weighted by atomic mass is 16.5. The zero-order chi connectivity index (χ0) is 11.1. The number of ether oxygens (including phenoxy) is 1. The van der Waals surface area contributed by atoms with Crippen LogP contribution in [0.4, 0.5) is 0 Å². The molecule has 0 aliphatic carbocycles. The molecule has 4 nitrogen and oxygen atoms in total. The molecule has 0 radical (unpaired) electrons. The molecule has 1 aliphatic rings. The van der Waals surface area contributed by atoms with E-state index in [0.29, 0.717) is 6.54 Å². The van der Waals surface area contributed by atoms with Gasteiger partial charge in [-0.05, 0) is 19.5 Å². The first-order chi connectivity index (χ1) is 7.26. The average Bonchev–Trinajstić information content (AvgIpc) is 2.27. The highest BCUT2D eigenvalue weighted by Gasteiger charge is 2.18. The predicted molar refractivity (Wildman–Crippen MR) is 59.7 cm³/mol. The fourth-order valence-electron chi connectivity index (χ4n) is 1.62. The van der Waals surface area contributed by atoms with E-state index in [1.165, 1.54) is 6.08 Å². The van der Waals surface area contributed by atoms with Crippen LogP contribution in [-0.4, -0.2) is 49.7 Å². The highest BCUT2D eigenvalue weighted by Crippen LogP contribution is 2.03. The molecule has 1 heterocycles. The maximum atomic E-state index is 11.2. The Morgan fingerprint density at radius 3 is 3.13 bits per heavy atom. The Balaban J connectivity index is 2.23. The average molecular weight is 212 g/mol. The van der Waals surface area contributed by atoms with E-state index in [1.807, 2.05) is 6.92 Å². The molecular weight excluding hydrogens is 192 g/mol. The van der Waals surface area contributed by atoms with Crippen LogP contribution >= 0.6 is 0 Å². The van der Waals surface area contributed by atoms with Gasteiger partial charge in [0.25, 0.3) is 0 Å². The number of allylic oxidation sites excluding steroid dienone is 1. The van der Waals surface area contributed by atoms with E-state index in [4.69, 9.17) is 4.74 Å². The van der Waals surface area contributed by atoms with E-state index in [1.54, 1.807) is 6.08 Å². The minimum atomic E-state index is -0.0466. The zero-order valence-corrected chi connectivity index (χ0v) is 9.53. The van der Waals surface area contributed by atoms with Crippen molar-refractivity contribution < 1.29 is 9.53 Å². The number of amides is 1. The molecule has 15 heavy (non-hydrogen) atoms. The first-order valence-electron chi connectivity index (χ1n) is 5.50. The van der Waals surface area contributed by atoms with E-state index < -0.39 is 0 Å². The molecule has 86 valence electrons. The molecule has 0 spiro atoms. The van der Waals surface area contributed by atoms with Gasteiger partial charge in [-0.1, -0.05) is 13.0 Å². The molecule has 1 unspecified atom stereocenters. The van der Waals surface area contributed by atoms with E-state index >= 15 is 0 Å². The third-order valence-corrected chi connectivity index (χ3v) is 2.49. The van der Waals surface area contributed by atoms with Gasteiger partial charge in [-0.15, -0.1) is 0 Å². The lowest BCUT2D eigenvalue weighted by Crippen LogP contribution is -2.47. The topological polar surface area (TPSA) is 41.6 Å². The van der Waals surface area contributed by atoms with Gasteiger partial charge in [-0.2, -0.15) is 0 Å². The Kier molecular flexibility index (Phi) is 5.36. The molecule has 1 saturated heterocycles. The van der Waals surface area contributed by atoms with Crippen molar-refractivity contribution in [3.8, 4) is 0 Å². The molecule has 1 aliphatic heterocycles. The summed E-state index contributed by atoms with van der Waals surface area (Å²) >= 11 is 0. The Hall–Kier alpha value is -0.870. The van der Waals surface area contributed by atoms with Crippen molar-refractivity contribution >= 4 is 5.91 Å². The van der Waals surface area contributed by atoms with Crippen LogP contribution in [0.5, 0.6) is 0 Å². The largest absolute Gasteiger partial charge is 0.374 e. The maximum absolute atomic E-state index is 11.2. The first kappa shape index (κ1) is 12.2. The summed E-state index contributed by atoms with van der Waals surface area (Å²) in [5.74, 6) is -0.0466. The van der Waals surface area contributed by atoms with Gasteiger partial charge < -0.3 is 10.1 Å². The molecule has 4 heteroatoms. The fourth-order valence-corrected chi connectivity index (χ4v) is 1.62. The lowest BCUT2D eigenvalue weighted by molar-refractivity contribution is -0.117. The lowest BCUT2D eigenvalue weighted by atomic mass is 10.2. The van der Waals surface area contributed by atoms with Gasteiger partial charge in [0.15, 0.2) is 0 Å². The standard InChI is InChI=1S/C11H20N2O2/c1-3-5-11(14)12-8-10-9-13(4-2)6-7-15-10/h3,5,10H,4,6-9H2,1-2H3,(H,12,14)/b5-3+. The van der Waals surface area contributed by atoms with Gasteiger partial charge in [0.05, 0.1) is 12.7 Å². The van der Waals surface area contributed by atoms with Crippen molar-refractivity contribution in [2.24, 2.45) is 0 Å². The van der Waals surface area contributed by atoms with Crippen LogP contribution in [0.3, 0.4) is 0 Å². The SMILES string of the molecule is C/C=C/C(=O)NCC1CN(CC)CCO1. The second kappa shape index (κ2) is 6.58. The summed E-state index contributed by atoms with van der Waals surface area (Å²) in [6.07, 6.45) is 3.39. The molecule has 0 aromatic carbocycles. The van der Waals surface area contributed by atoms with Crippen molar-refractivity contribution in [2.75, 3.05) is 32.8 Å². The quantitative estimate of drug-likeness (QED) is 0.686. The maximum Gasteiger partial charge on any atom is 0.243 e. The summed E-state index contributed by atoms with van der Waals surface area (Å²) in [5.41, 5.74) is 0. The third kappa shape index (κ3) is 4.44. The molecule has 1 fully saturated rings. The van der Waals surface area contributed by atoms with Gasteiger partial charge in [-0.25, -0.2) is 0 Å². The smallest absolute Gasteiger partial charge is 0.243 e. The van der Waals surface area contributed by atoms with Crippen LogP contribution in [-0.2, 0) is 9.53 Å². The van der Waals surface area contributed by atoms with Gasteiger partial charge in [0.1, 0.15) is 0 Å². The van der Waals surface area contributed by atoms with Gasteiger partial charge in [0.2, 0.25) is 5.91 Å². The van der Waals surface area contributed by atoms with E-state index in [-0.39, 0.29) is 12.0 Å². The van der Waals surface area contributed by atoms with E-state index in [0.717, 1.165) is 26.2 Å². The second-order valence-corrected chi connectivity index (χ2v) is 3.63. The monoisotopic (exact) mass is 212 g/mol. The minimum absolute atomic E-state index is 0.0466. The molecule has 1 atom stereocenters. The van der Waals surface area contributed by atoms with Crippen molar-refractivity contribution in [3.05, 3.63) is 12.2 Å². The Morgan fingerprint density at radius 2 is 2.47 bits per heavy atom. The number of morpholine rings is 1. The van der Waals surface area contributed by atoms with Crippen LogP contribution in [0, 0.1) is 0 Å². The number of hydrogen-bond acceptors (Lipinski definition) is 3. The molecule has 0 aromatic rings. The lowest BCUT2D eigenvalue weighted by Gasteiger charge is -2.31. The van der Waals surface area contributed by atoms with Crippen molar-refractivity contribution in [1.82, 2.24) is 10.2 Å². The van der Waals surface area contributed by atoms with Crippen LogP contribution in [0.2, 0.25) is 0 Å². The molecule has 1 amide bonds. The summed E-state index contributed by atoms with van der Waals surface area (Å²) in [4.78, 5) is 13.5. The van der Waals surface area contributed by atoms with Crippen LogP contribution in [0.1, 0.15) is 13.8 Å². The van der Waals surface area contributed by atoms with Crippen molar-refractivity contribution in [2.45, 2.75) is 20.0 Å². The summed E-state index contributed by atoms with van der Waals surface area (Å²) in [6, 6.07) is 0. The highest BCUT2D eigenvalue weighted by molar-refractivity contribution is 5.87. The Morgan fingerprint density at radius 1 is 1.67 bits per heavy atom. The molecule has 0 bridgehead atoms. The number of hydrogen-bond donors (Lipinski definition) is 1. The summed E-state index contributed by atoms with van der Waals surface area (Å²) in [5, 5.41) is 2.82. The fraction of sp³-hybridized carbons (Fsp3) is 0.727. The second-order valence-electron chi connectivity index (χ2n) is 3.63. The van der Waals surface area contributed by atoms with Crippen molar-refractivity contribution in [1.29, 1.82) is 0 Å². The number of nitrogens with one attached hydrogen (secondary N) is 1. The Bertz CT molecular complexity index is 229. The third-order valence-electron chi connectivity index (χ3n) is 2.49. The van der Waals surface area contributed by atoms with Gasteiger partial charge >= 0.3 is 0 Å². The number of nitrogens with zero attached hydrogens (tertiary/aromatic N) is 1. The van der Waals surface area contributed by atoms with Gasteiger partial charge in [0, 0.05) is 19.6 Å². The number of likely N-dealkylation sites (N-methyl/N-ethyl adjacent to an activating group) is 1. The summed E-state index contributed by atoms with van der Waals surface area (Å²) < 4.78 is 5.56. The molecule has 0 aromatic heterocycles. The molecule has 1 rings (SSSR count). The number of carbonyl (C=O) groups excluding carboxylic acids is 1. The normalized spacial score (nSPS) is 23.2. The van der Waals surface area contributed by atoms with Crippen LogP contribution in [0.25, 0.3) is 0 Å². The van der Waals surface area contributed by atoms with Crippen LogP contribution < -0.4 is 5.32 Å². The predicted octanol–water partition coefficient (Wildman–Crippen LogP) is 0.399.